The number of nitrogens with zero attached hydrogens (tertiary/aromatic N) is 1. The predicted octanol–water partition coefficient (Wildman–Crippen LogP) is 1.28. The number of nitrogens with one attached hydrogen (secondary N) is 1. The largest absolute Gasteiger partial charge is 0.409 e. The number of carbonyl (C=O) groups is 1. The summed E-state index contributed by atoms with van der Waals surface area (Å²) in [5.41, 5.74) is 5.41. The van der Waals surface area contributed by atoms with Gasteiger partial charge in [0.25, 0.3) is 0 Å². The second-order valence-corrected chi connectivity index (χ2v) is 4.88. The first-order valence-electron chi connectivity index (χ1n) is 5.55. The fraction of sp³-hybridized carbons (Fsp3) is 0.333. The average molecular weight is 267 g/mol. The molecule has 0 bridgehead atoms. The monoisotopic (exact) mass is 267 g/mol. The Balaban J connectivity index is 2.26. The Morgan fingerprint density at radius 1 is 1.50 bits per heavy atom. The molecule has 0 spiro atoms. The zero-order valence-electron chi connectivity index (χ0n) is 10.2. The smallest absolute Gasteiger partial charge is 0.230 e. The highest BCUT2D eigenvalue weighted by atomic mass is 32.2. The summed E-state index contributed by atoms with van der Waals surface area (Å²) in [7, 11) is 0. The van der Waals surface area contributed by atoms with E-state index in [2.05, 4.69) is 10.5 Å². The second-order valence-electron chi connectivity index (χ2n) is 3.83. The Hall–Kier alpha value is -1.69. The van der Waals surface area contributed by atoms with Crippen LogP contribution in [0.5, 0.6) is 0 Å². The highest BCUT2D eigenvalue weighted by Gasteiger charge is 2.09. The minimum Gasteiger partial charge on any atom is -0.409 e. The molecule has 0 fully saturated rings. The van der Waals surface area contributed by atoms with Gasteiger partial charge < -0.3 is 16.3 Å². The number of rotatable bonds is 6. The molecular formula is C12H17N3O2S. The maximum atomic E-state index is 11.6. The Bertz CT molecular complexity index is 409. The lowest BCUT2D eigenvalue weighted by atomic mass is 10.1. The fourth-order valence-electron chi connectivity index (χ4n) is 1.19. The van der Waals surface area contributed by atoms with Crippen LogP contribution in [0.1, 0.15) is 6.92 Å². The molecule has 1 rings (SSSR count). The first-order chi connectivity index (χ1) is 8.63. The molecule has 1 atom stereocenters. The lowest BCUT2D eigenvalue weighted by Crippen LogP contribution is -2.35. The van der Waals surface area contributed by atoms with Crippen molar-refractivity contribution in [3.63, 3.8) is 0 Å². The van der Waals surface area contributed by atoms with Crippen molar-refractivity contribution in [1.82, 2.24) is 5.32 Å². The van der Waals surface area contributed by atoms with E-state index in [1.165, 1.54) is 11.8 Å². The molecule has 6 heteroatoms. The van der Waals surface area contributed by atoms with Gasteiger partial charge in [-0.05, 0) is 12.1 Å². The van der Waals surface area contributed by atoms with Crippen molar-refractivity contribution < 1.29 is 10.0 Å². The molecule has 0 radical (unpaired) electrons. The summed E-state index contributed by atoms with van der Waals surface area (Å²) < 4.78 is 0. The highest BCUT2D eigenvalue weighted by molar-refractivity contribution is 8.00. The average Bonchev–Trinajstić information content (AvgIpc) is 2.42. The van der Waals surface area contributed by atoms with Crippen LogP contribution in [0.25, 0.3) is 0 Å². The summed E-state index contributed by atoms with van der Waals surface area (Å²) >= 11 is 1.47. The summed E-state index contributed by atoms with van der Waals surface area (Å²) in [6.07, 6.45) is 0. The van der Waals surface area contributed by atoms with E-state index in [4.69, 9.17) is 10.9 Å². The number of nitrogens with two attached hydrogens (primary N) is 1. The van der Waals surface area contributed by atoms with Gasteiger partial charge in [-0.25, -0.2) is 0 Å². The topological polar surface area (TPSA) is 87.7 Å². The van der Waals surface area contributed by atoms with E-state index in [1.807, 2.05) is 30.3 Å². The van der Waals surface area contributed by atoms with E-state index < -0.39 is 0 Å². The maximum Gasteiger partial charge on any atom is 0.230 e. The number of hydrogen-bond donors (Lipinski definition) is 3. The molecule has 4 N–H and O–H groups in total. The number of carbonyl (C=O) groups excluding carboxylic acids is 1. The minimum atomic E-state index is -0.180. The van der Waals surface area contributed by atoms with E-state index in [9.17, 15) is 4.79 Å². The highest BCUT2D eigenvalue weighted by Crippen LogP contribution is 2.16. The van der Waals surface area contributed by atoms with Gasteiger partial charge in [-0.15, -0.1) is 11.8 Å². The molecule has 0 saturated heterocycles. The van der Waals surface area contributed by atoms with Gasteiger partial charge in [-0.1, -0.05) is 30.3 Å². The Morgan fingerprint density at radius 2 is 2.17 bits per heavy atom. The molecule has 0 saturated carbocycles. The van der Waals surface area contributed by atoms with Gasteiger partial charge in [0.2, 0.25) is 5.91 Å². The number of thioether (sulfide) groups is 1. The van der Waals surface area contributed by atoms with Crippen LogP contribution in [0, 0.1) is 5.92 Å². The number of hydrogen-bond acceptors (Lipinski definition) is 4. The van der Waals surface area contributed by atoms with Gasteiger partial charge in [0, 0.05) is 17.4 Å². The van der Waals surface area contributed by atoms with Crippen molar-refractivity contribution in [3.8, 4) is 0 Å². The summed E-state index contributed by atoms with van der Waals surface area (Å²) in [6.45, 7) is 2.14. The van der Waals surface area contributed by atoms with E-state index in [0.29, 0.717) is 12.3 Å². The first-order valence-corrected chi connectivity index (χ1v) is 6.54. The fourth-order valence-corrected chi connectivity index (χ4v) is 1.94. The van der Waals surface area contributed by atoms with Crippen molar-refractivity contribution in [1.29, 1.82) is 0 Å². The van der Waals surface area contributed by atoms with Crippen LogP contribution in [-0.2, 0) is 4.79 Å². The molecule has 18 heavy (non-hydrogen) atoms. The molecule has 0 heterocycles. The number of benzene rings is 1. The SMILES string of the molecule is CC(CNC(=O)CSc1ccccc1)C(N)=NO. The van der Waals surface area contributed by atoms with Crippen LogP contribution >= 0.6 is 11.8 Å². The third-order valence-electron chi connectivity index (χ3n) is 2.34. The van der Waals surface area contributed by atoms with E-state index >= 15 is 0 Å². The van der Waals surface area contributed by atoms with Crippen molar-refractivity contribution in [3.05, 3.63) is 30.3 Å². The molecule has 0 aliphatic heterocycles. The maximum absolute atomic E-state index is 11.6. The van der Waals surface area contributed by atoms with Gasteiger partial charge in [0.05, 0.1) is 5.75 Å². The van der Waals surface area contributed by atoms with Crippen LogP contribution in [-0.4, -0.2) is 29.2 Å². The predicted molar refractivity (Wildman–Crippen MR) is 72.7 cm³/mol. The molecule has 1 aromatic carbocycles. The molecule has 0 aromatic heterocycles. The zero-order valence-corrected chi connectivity index (χ0v) is 11.0. The standard InChI is InChI=1S/C12H17N3O2S/c1-9(12(13)15-17)7-14-11(16)8-18-10-5-3-2-4-6-10/h2-6,9,17H,7-8H2,1H3,(H2,13,15)(H,14,16). The van der Waals surface area contributed by atoms with Crippen LogP contribution in [0.2, 0.25) is 0 Å². The third-order valence-corrected chi connectivity index (χ3v) is 3.35. The summed E-state index contributed by atoms with van der Waals surface area (Å²) in [5.74, 6) is 0.223. The van der Waals surface area contributed by atoms with Crippen molar-refractivity contribution in [2.75, 3.05) is 12.3 Å². The summed E-state index contributed by atoms with van der Waals surface area (Å²) in [5, 5.41) is 14.1. The Labute approximate surface area is 110 Å². The quantitative estimate of drug-likeness (QED) is 0.238. The molecule has 0 aliphatic carbocycles. The van der Waals surface area contributed by atoms with Crippen LogP contribution in [0.4, 0.5) is 0 Å². The molecular weight excluding hydrogens is 250 g/mol. The number of amides is 1. The molecule has 1 aromatic rings. The minimum absolute atomic E-state index is 0.0681. The molecule has 1 unspecified atom stereocenters. The molecule has 0 aliphatic rings. The molecule has 98 valence electrons. The Morgan fingerprint density at radius 3 is 2.78 bits per heavy atom. The lowest BCUT2D eigenvalue weighted by molar-refractivity contribution is -0.118. The first kappa shape index (κ1) is 14.4. The van der Waals surface area contributed by atoms with E-state index in [-0.39, 0.29) is 17.7 Å². The van der Waals surface area contributed by atoms with Crippen molar-refractivity contribution in [2.45, 2.75) is 11.8 Å². The van der Waals surface area contributed by atoms with Crippen LogP contribution in [0.3, 0.4) is 0 Å². The zero-order chi connectivity index (χ0) is 13.4. The summed E-state index contributed by atoms with van der Waals surface area (Å²) in [6, 6.07) is 9.71. The Kier molecular flexibility index (Phi) is 6.07. The number of amidine groups is 1. The van der Waals surface area contributed by atoms with Gasteiger partial charge in [0.1, 0.15) is 5.84 Å². The summed E-state index contributed by atoms with van der Waals surface area (Å²) in [4.78, 5) is 12.6. The van der Waals surface area contributed by atoms with Gasteiger partial charge in [0.15, 0.2) is 0 Å². The van der Waals surface area contributed by atoms with Gasteiger partial charge in [-0.2, -0.15) is 0 Å². The normalized spacial score (nSPS) is 13.1. The van der Waals surface area contributed by atoms with Gasteiger partial charge >= 0.3 is 0 Å². The third kappa shape index (κ3) is 5.09. The number of oxime groups is 1. The van der Waals surface area contributed by atoms with Crippen LogP contribution in [0.15, 0.2) is 40.4 Å². The van der Waals surface area contributed by atoms with Crippen molar-refractivity contribution in [2.24, 2.45) is 16.8 Å². The lowest BCUT2D eigenvalue weighted by Gasteiger charge is -2.10. The van der Waals surface area contributed by atoms with E-state index in [1.54, 1.807) is 6.92 Å². The van der Waals surface area contributed by atoms with Gasteiger partial charge in [-0.3, -0.25) is 4.79 Å². The van der Waals surface area contributed by atoms with Crippen molar-refractivity contribution >= 4 is 23.5 Å². The second kappa shape index (κ2) is 7.60. The molecule has 5 nitrogen and oxygen atoms in total. The van der Waals surface area contributed by atoms with Crippen LogP contribution < -0.4 is 11.1 Å². The van der Waals surface area contributed by atoms with E-state index in [0.717, 1.165) is 4.90 Å². The molecule has 1 amide bonds.